The monoisotopic (exact) mass is 207 g/mol. The molecule has 0 radical (unpaired) electrons. The summed E-state index contributed by atoms with van der Waals surface area (Å²) in [5.74, 6) is 0.0212. The normalized spacial score (nSPS) is 9.93. The maximum Gasteiger partial charge on any atom is 0.233 e. The molecule has 82 valence electrons. The second-order valence-electron chi connectivity index (χ2n) is 3.37. The quantitative estimate of drug-likeness (QED) is 0.602. The Morgan fingerprint density at radius 2 is 2.00 bits per heavy atom. The summed E-state index contributed by atoms with van der Waals surface area (Å²) in [5, 5.41) is 5.61. The van der Waals surface area contributed by atoms with Gasteiger partial charge in [0.25, 0.3) is 0 Å². The highest BCUT2D eigenvalue weighted by Crippen LogP contribution is 2.05. The third-order valence-electron chi connectivity index (χ3n) is 2.05. The first-order valence-electron chi connectivity index (χ1n) is 4.98. The first-order valence-corrected chi connectivity index (χ1v) is 4.98. The van der Waals surface area contributed by atoms with Crippen molar-refractivity contribution >= 4 is 11.6 Å². The van der Waals surface area contributed by atoms with Gasteiger partial charge >= 0.3 is 0 Å². The minimum absolute atomic E-state index is 0.0212. The molecule has 0 aliphatic rings. The average Bonchev–Trinajstić information content (AvgIpc) is 2.21. The Labute approximate surface area is 89.9 Å². The summed E-state index contributed by atoms with van der Waals surface area (Å²) < 4.78 is 0. The van der Waals surface area contributed by atoms with Crippen molar-refractivity contribution in [2.45, 2.75) is 6.42 Å². The van der Waals surface area contributed by atoms with Crippen LogP contribution in [0.5, 0.6) is 0 Å². The van der Waals surface area contributed by atoms with E-state index < -0.39 is 0 Å². The van der Waals surface area contributed by atoms with Crippen molar-refractivity contribution in [1.29, 1.82) is 0 Å². The lowest BCUT2D eigenvalue weighted by Gasteiger charge is -2.04. The molecular weight excluding hydrogens is 190 g/mol. The van der Waals surface area contributed by atoms with Gasteiger partial charge in [-0.1, -0.05) is 12.1 Å². The van der Waals surface area contributed by atoms with Gasteiger partial charge in [0, 0.05) is 12.2 Å². The smallest absolute Gasteiger partial charge is 0.233 e. The molecule has 4 nitrogen and oxygen atoms in total. The molecule has 0 unspecified atom stereocenters. The first-order chi connectivity index (χ1) is 7.22. The van der Waals surface area contributed by atoms with E-state index >= 15 is 0 Å². The van der Waals surface area contributed by atoms with Crippen molar-refractivity contribution in [2.75, 3.05) is 25.9 Å². The largest absolute Gasteiger partial charge is 0.399 e. The number of hydrogen-bond donors (Lipinski definition) is 3. The molecule has 0 aliphatic heterocycles. The van der Waals surface area contributed by atoms with Crippen molar-refractivity contribution < 1.29 is 4.79 Å². The number of nitrogens with one attached hydrogen (secondary N) is 2. The van der Waals surface area contributed by atoms with Gasteiger partial charge in [0.15, 0.2) is 0 Å². The molecule has 1 aromatic rings. The number of rotatable bonds is 5. The van der Waals surface area contributed by atoms with Crippen LogP contribution in [-0.4, -0.2) is 26.0 Å². The fourth-order valence-electron chi connectivity index (χ4n) is 1.25. The van der Waals surface area contributed by atoms with Gasteiger partial charge < -0.3 is 16.4 Å². The van der Waals surface area contributed by atoms with Crippen LogP contribution in [0.25, 0.3) is 0 Å². The zero-order valence-electron chi connectivity index (χ0n) is 8.92. The lowest BCUT2D eigenvalue weighted by Crippen LogP contribution is -2.33. The van der Waals surface area contributed by atoms with E-state index in [0.717, 1.165) is 12.1 Å². The van der Waals surface area contributed by atoms with Crippen molar-refractivity contribution in [3.05, 3.63) is 29.8 Å². The SMILES string of the molecule is CNCC(=O)NCCc1ccc(N)cc1. The fraction of sp³-hybridized carbons (Fsp3) is 0.364. The van der Waals surface area contributed by atoms with Gasteiger partial charge in [0.05, 0.1) is 6.54 Å². The zero-order chi connectivity index (χ0) is 11.1. The lowest BCUT2D eigenvalue weighted by molar-refractivity contribution is -0.120. The Morgan fingerprint density at radius 3 is 2.60 bits per heavy atom. The van der Waals surface area contributed by atoms with Gasteiger partial charge in [0.1, 0.15) is 0 Å². The molecule has 0 atom stereocenters. The first kappa shape index (κ1) is 11.5. The van der Waals surface area contributed by atoms with Gasteiger partial charge in [-0.25, -0.2) is 0 Å². The molecule has 0 saturated heterocycles. The molecule has 0 aliphatic carbocycles. The molecule has 0 spiro atoms. The van der Waals surface area contributed by atoms with Crippen molar-refractivity contribution in [2.24, 2.45) is 0 Å². The maximum atomic E-state index is 11.1. The van der Waals surface area contributed by atoms with Gasteiger partial charge in [-0.15, -0.1) is 0 Å². The number of nitrogen functional groups attached to an aromatic ring is 1. The predicted molar refractivity (Wildman–Crippen MR) is 61.5 cm³/mol. The van der Waals surface area contributed by atoms with Crippen LogP contribution < -0.4 is 16.4 Å². The maximum absolute atomic E-state index is 11.1. The second-order valence-corrected chi connectivity index (χ2v) is 3.37. The van der Waals surface area contributed by atoms with Crippen molar-refractivity contribution in [3.8, 4) is 0 Å². The van der Waals surface area contributed by atoms with Crippen LogP contribution in [-0.2, 0) is 11.2 Å². The lowest BCUT2D eigenvalue weighted by atomic mass is 10.1. The highest BCUT2D eigenvalue weighted by atomic mass is 16.1. The molecule has 0 heterocycles. The van der Waals surface area contributed by atoms with Crippen LogP contribution in [0.4, 0.5) is 5.69 Å². The highest BCUT2D eigenvalue weighted by molar-refractivity contribution is 5.77. The number of carbonyl (C=O) groups is 1. The number of carbonyl (C=O) groups excluding carboxylic acids is 1. The van der Waals surface area contributed by atoms with Crippen LogP contribution in [0.2, 0.25) is 0 Å². The minimum atomic E-state index is 0.0212. The number of benzene rings is 1. The van der Waals surface area contributed by atoms with E-state index in [1.54, 1.807) is 7.05 Å². The summed E-state index contributed by atoms with van der Waals surface area (Å²) in [4.78, 5) is 11.1. The Bertz CT molecular complexity index is 308. The van der Waals surface area contributed by atoms with E-state index in [9.17, 15) is 4.79 Å². The third-order valence-corrected chi connectivity index (χ3v) is 2.05. The van der Waals surface area contributed by atoms with E-state index in [-0.39, 0.29) is 5.91 Å². The van der Waals surface area contributed by atoms with Gasteiger partial charge in [-0.2, -0.15) is 0 Å². The number of amides is 1. The number of hydrogen-bond acceptors (Lipinski definition) is 3. The summed E-state index contributed by atoms with van der Waals surface area (Å²) in [6, 6.07) is 7.68. The fourth-order valence-corrected chi connectivity index (χ4v) is 1.25. The molecule has 1 amide bonds. The standard InChI is InChI=1S/C11H17N3O/c1-13-8-11(15)14-7-6-9-2-4-10(12)5-3-9/h2-5,13H,6-8,12H2,1H3,(H,14,15). The van der Waals surface area contributed by atoms with E-state index in [1.807, 2.05) is 24.3 Å². The van der Waals surface area contributed by atoms with Crippen LogP contribution in [0.15, 0.2) is 24.3 Å². The van der Waals surface area contributed by atoms with Crippen molar-refractivity contribution in [3.63, 3.8) is 0 Å². The number of nitrogens with two attached hydrogens (primary N) is 1. The summed E-state index contributed by atoms with van der Waals surface area (Å²) in [7, 11) is 1.75. The van der Waals surface area contributed by atoms with Gasteiger partial charge in [-0.3, -0.25) is 4.79 Å². The third kappa shape index (κ3) is 4.46. The molecule has 4 N–H and O–H groups in total. The molecule has 1 aromatic carbocycles. The molecule has 0 aromatic heterocycles. The molecular formula is C11H17N3O. The molecule has 4 heteroatoms. The average molecular weight is 207 g/mol. The van der Waals surface area contributed by atoms with E-state index in [0.29, 0.717) is 13.1 Å². The van der Waals surface area contributed by atoms with E-state index in [4.69, 9.17) is 5.73 Å². The number of anilines is 1. The molecule has 0 saturated carbocycles. The Hall–Kier alpha value is -1.55. The topological polar surface area (TPSA) is 67.2 Å². The molecule has 15 heavy (non-hydrogen) atoms. The van der Waals surface area contributed by atoms with Gasteiger partial charge in [0.2, 0.25) is 5.91 Å². The van der Waals surface area contributed by atoms with Crippen molar-refractivity contribution in [1.82, 2.24) is 10.6 Å². The molecule has 0 bridgehead atoms. The van der Waals surface area contributed by atoms with E-state index in [1.165, 1.54) is 5.56 Å². The molecule has 0 fully saturated rings. The Balaban J connectivity index is 2.26. The second kappa shape index (κ2) is 6.03. The summed E-state index contributed by atoms with van der Waals surface area (Å²) in [6.07, 6.45) is 0.829. The number of likely N-dealkylation sites (N-methyl/N-ethyl adjacent to an activating group) is 1. The highest BCUT2D eigenvalue weighted by Gasteiger charge is 1.98. The Kier molecular flexibility index (Phi) is 4.63. The summed E-state index contributed by atoms with van der Waals surface area (Å²) in [6.45, 7) is 1.02. The zero-order valence-corrected chi connectivity index (χ0v) is 8.92. The van der Waals surface area contributed by atoms with Crippen LogP contribution in [0, 0.1) is 0 Å². The van der Waals surface area contributed by atoms with Crippen LogP contribution in [0.3, 0.4) is 0 Å². The van der Waals surface area contributed by atoms with Crippen LogP contribution >= 0.6 is 0 Å². The van der Waals surface area contributed by atoms with Crippen LogP contribution in [0.1, 0.15) is 5.56 Å². The summed E-state index contributed by atoms with van der Waals surface area (Å²) >= 11 is 0. The minimum Gasteiger partial charge on any atom is -0.399 e. The summed E-state index contributed by atoms with van der Waals surface area (Å²) in [5.41, 5.74) is 7.50. The Morgan fingerprint density at radius 1 is 1.33 bits per heavy atom. The van der Waals surface area contributed by atoms with Gasteiger partial charge in [-0.05, 0) is 31.2 Å². The molecule has 1 rings (SSSR count). The van der Waals surface area contributed by atoms with E-state index in [2.05, 4.69) is 10.6 Å². The predicted octanol–water partition coefficient (Wildman–Crippen LogP) is 0.147.